The first kappa shape index (κ1) is 11.7. The van der Waals surface area contributed by atoms with E-state index in [2.05, 4.69) is 4.99 Å². The van der Waals surface area contributed by atoms with Crippen LogP contribution in [-0.4, -0.2) is 15.8 Å². The van der Waals surface area contributed by atoms with Gasteiger partial charge in [-0.25, -0.2) is 8.95 Å². The first-order valence-electron chi connectivity index (χ1n) is 5.18. The zero-order valence-corrected chi connectivity index (χ0v) is 10.7. The molecule has 0 aliphatic heterocycles. The largest absolute Gasteiger partial charge is 0.274 e. The summed E-state index contributed by atoms with van der Waals surface area (Å²) in [5.41, 5.74) is 1.87. The highest BCUT2D eigenvalue weighted by Gasteiger charge is 2.09. The van der Waals surface area contributed by atoms with Gasteiger partial charge in [0.05, 0.1) is 5.52 Å². The molecule has 0 saturated carbocycles. The van der Waals surface area contributed by atoms with Gasteiger partial charge in [-0.2, -0.15) is 0 Å². The molecule has 0 N–H and O–H groups in total. The Morgan fingerprint density at radius 3 is 2.59 bits per heavy atom. The number of aromatic nitrogens is 1. The second kappa shape index (κ2) is 4.25. The Labute approximate surface area is 102 Å². The molecule has 1 aromatic heterocycles. The van der Waals surface area contributed by atoms with Gasteiger partial charge in [0, 0.05) is 19.2 Å². The van der Waals surface area contributed by atoms with Crippen LogP contribution in [0.3, 0.4) is 0 Å². The molecule has 1 aromatic carbocycles. The lowest BCUT2D eigenvalue weighted by Gasteiger charge is -1.97. The smallest absolute Gasteiger partial charge is 0.243 e. The third kappa shape index (κ3) is 2.19. The number of hydrogen-bond donors (Lipinski definition) is 0. The van der Waals surface area contributed by atoms with Crippen LogP contribution in [0.25, 0.3) is 10.9 Å². The summed E-state index contributed by atoms with van der Waals surface area (Å²) in [5.74, 6) is -0.334. The van der Waals surface area contributed by atoms with Crippen molar-refractivity contribution in [3.8, 4) is 0 Å². The van der Waals surface area contributed by atoms with Crippen LogP contribution in [0.4, 0.5) is 0 Å². The van der Waals surface area contributed by atoms with E-state index in [4.69, 9.17) is 0 Å². The van der Waals surface area contributed by atoms with Crippen LogP contribution in [-0.2, 0) is 4.79 Å². The summed E-state index contributed by atoms with van der Waals surface area (Å²) in [7, 11) is 0. The highest BCUT2D eigenvalue weighted by atomic mass is 32.1. The number of rotatable bonds is 0. The summed E-state index contributed by atoms with van der Waals surface area (Å²) >= 11 is 1.20. The van der Waals surface area contributed by atoms with Crippen molar-refractivity contribution in [1.29, 1.82) is 0 Å². The third-order valence-corrected chi connectivity index (χ3v) is 3.44. The Morgan fingerprint density at radius 2 is 2.00 bits per heavy atom. The molecule has 0 spiro atoms. The molecular weight excluding hydrogens is 236 g/mol. The molecule has 0 saturated heterocycles. The highest BCUT2D eigenvalue weighted by molar-refractivity contribution is 7.06. The van der Waals surface area contributed by atoms with Crippen molar-refractivity contribution in [1.82, 2.24) is 3.96 Å². The van der Waals surface area contributed by atoms with E-state index in [1.807, 2.05) is 25.1 Å². The number of carbonyl (C=O) groups is 2. The topological polar surface area (TPSA) is 51.4 Å². The Morgan fingerprint density at radius 1 is 1.29 bits per heavy atom. The molecule has 0 atom stereocenters. The van der Waals surface area contributed by atoms with Gasteiger partial charge in [0.1, 0.15) is 4.67 Å². The average Bonchev–Trinajstić information content (AvgIpc) is 2.56. The molecule has 0 bridgehead atoms. The minimum atomic E-state index is -0.259. The van der Waals surface area contributed by atoms with Gasteiger partial charge >= 0.3 is 0 Å². The van der Waals surface area contributed by atoms with Crippen molar-refractivity contribution in [2.24, 2.45) is 4.99 Å². The van der Waals surface area contributed by atoms with Gasteiger partial charge in [-0.05, 0) is 30.6 Å². The molecule has 0 radical (unpaired) electrons. The standard InChI is InChI=1S/C12H12N2O2S/c1-7-4-5-11-10(6-7)12(13-8(2)15)17-14(11)9(3)16/h4-6H,1-3H3. The molecule has 4 nitrogen and oxygen atoms in total. The second-order valence-electron chi connectivity index (χ2n) is 3.86. The molecular formula is C12H12N2O2S. The maximum Gasteiger partial charge on any atom is 0.243 e. The van der Waals surface area contributed by atoms with Crippen LogP contribution in [0.5, 0.6) is 0 Å². The maximum absolute atomic E-state index is 11.5. The summed E-state index contributed by atoms with van der Waals surface area (Å²) in [6, 6.07) is 5.75. The number of fused-ring (bicyclic) bond motifs is 1. The molecule has 0 fully saturated rings. The molecule has 5 heteroatoms. The molecule has 0 aliphatic carbocycles. The van der Waals surface area contributed by atoms with E-state index in [0.29, 0.717) is 4.67 Å². The van der Waals surface area contributed by atoms with Crippen molar-refractivity contribution >= 4 is 34.2 Å². The Hall–Kier alpha value is -1.75. The van der Waals surface area contributed by atoms with E-state index in [9.17, 15) is 9.59 Å². The van der Waals surface area contributed by atoms with E-state index in [-0.39, 0.29) is 11.8 Å². The Kier molecular flexibility index (Phi) is 2.93. The van der Waals surface area contributed by atoms with Gasteiger partial charge in [-0.3, -0.25) is 9.59 Å². The van der Waals surface area contributed by atoms with E-state index in [1.165, 1.54) is 25.4 Å². The fraction of sp³-hybridized carbons (Fsp3) is 0.250. The van der Waals surface area contributed by atoms with Gasteiger partial charge in [-0.1, -0.05) is 11.6 Å². The fourth-order valence-electron chi connectivity index (χ4n) is 1.64. The van der Waals surface area contributed by atoms with Gasteiger partial charge in [0.25, 0.3) is 0 Å². The SMILES string of the molecule is CC(=O)N=c1sn(C(C)=O)c2ccc(C)cc12. The molecule has 0 aliphatic rings. The van der Waals surface area contributed by atoms with Crippen molar-refractivity contribution < 1.29 is 9.59 Å². The normalized spacial score (nSPS) is 12.1. The molecule has 0 unspecified atom stereocenters. The number of hydrogen-bond acceptors (Lipinski definition) is 3. The molecule has 2 rings (SSSR count). The average molecular weight is 248 g/mol. The number of amides is 1. The van der Waals surface area contributed by atoms with Crippen LogP contribution in [0.15, 0.2) is 23.2 Å². The van der Waals surface area contributed by atoms with Crippen LogP contribution < -0.4 is 4.67 Å². The fourth-order valence-corrected chi connectivity index (χ4v) is 2.63. The van der Waals surface area contributed by atoms with E-state index in [0.717, 1.165) is 16.5 Å². The lowest BCUT2D eigenvalue weighted by Crippen LogP contribution is -2.01. The van der Waals surface area contributed by atoms with Crippen molar-refractivity contribution in [3.05, 3.63) is 28.4 Å². The van der Waals surface area contributed by atoms with Crippen LogP contribution >= 0.6 is 11.5 Å². The van der Waals surface area contributed by atoms with Crippen LogP contribution in [0.1, 0.15) is 24.2 Å². The van der Waals surface area contributed by atoms with E-state index in [1.54, 1.807) is 3.96 Å². The predicted molar refractivity (Wildman–Crippen MR) is 67.1 cm³/mol. The van der Waals surface area contributed by atoms with Gasteiger partial charge in [0.15, 0.2) is 0 Å². The Bertz CT molecular complexity index is 679. The Balaban J connectivity index is 2.90. The molecule has 2 aromatic rings. The number of carbonyl (C=O) groups excluding carboxylic acids is 2. The van der Waals surface area contributed by atoms with Crippen LogP contribution in [0.2, 0.25) is 0 Å². The zero-order chi connectivity index (χ0) is 12.6. The van der Waals surface area contributed by atoms with Gasteiger partial charge in [0.2, 0.25) is 11.8 Å². The summed E-state index contributed by atoms with van der Waals surface area (Å²) in [5, 5.41) is 0.848. The summed E-state index contributed by atoms with van der Waals surface area (Å²) in [4.78, 5) is 26.5. The lowest BCUT2D eigenvalue weighted by molar-refractivity contribution is -0.116. The van der Waals surface area contributed by atoms with E-state index >= 15 is 0 Å². The minimum Gasteiger partial charge on any atom is -0.274 e. The second-order valence-corrected chi connectivity index (χ2v) is 4.80. The minimum absolute atomic E-state index is 0.0751. The monoisotopic (exact) mass is 248 g/mol. The van der Waals surface area contributed by atoms with Crippen molar-refractivity contribution in [2.45, 2.75) is 20.8 Å². The first-order valence-corrected chi connectivity index (χ1v) is 5.95. The quantitative estimate of drug-likeness (QED) is 0.717. The van der Waals surface area contributed by atoms with Crippen LogP contribution in [0, 0.1) is 6.92 Å². The third-order valence-electron chi connectivity index (χ3n) is 2.32. The first-order chi connectivity index (χ1) is 7.99. The summed E-state index contributed by atoms with van der Waals surface area (Å²) in [6.45, 7) is 4.86. The van der Waals surface area contributed by atoms with E-state index < -0.39 is 0 Å². The highest BCUT2D eigenvalue weighted by Crippen LogP contribution is 2.16. The van der Waals surface area contributed by atoms with Gasteiger partial charge in [-0.15, -0.1) is 0 Å². The lowest BCUT2D eigenvalue weighted by atomic mass is 10.2. The zero-order valence-electron chi connectivity index (χ0n) is 9.85. The number of benzene rings is 1. The molecule has 1 amide bonds. The molecule has 17 heavy (non-hydrogen) atoms. The maximum atomic E-state index is 11.5. The summed E-state index contributed by atoms with van der Waals surface area (Å²) < 4.78 is 2.14. The van der Waals surface area contributed by atoms with Crippen molar-refractivity contribution in [2.75, 3.05) is 0 Å². The molecule has 88 valence electrons. The number of nitrogens with zero attached hydrogens (tertiary/aromatic N) is 2. The summed E-state index contributed by atoms with van der Waals surface area (Å²) in [6.07, 6.45) is 0. The number of aryl methyl sites for hydroxylation is 1. The van der Waals surface area contributed by atoms with Gasteiger partial charge < -0.3 is 0 Å². The predicted octanol–water partition coefficient (Wildman–Crippen LogP) is 2.12. The molecule has 1 heterocycles. The van der Waals surface area contributed by atoms with Crippen molar-refractivity contribution in [3.63, 3.8) is 0 Å².